The second kappa shape index (κ2) is 8.30. The van der Waals surface area contributed by atoms with Crippen LogP contribution in [0.5, 0.6) is 0 Å². The molecule has 0 spiro atoms. The van der Waals surface area contributed by atoms with E-state index in [1.807, 2.05) is 24.3 Å². The summed E-state index contributed by atoms with van der Waals surface area (Å²) in [6.07, 6.45) is 5.57. The number of hydrogen-bond donors (Lipinski definition) is 1. The number of carboxylic acid groups (broad SMARTS) is 1. The van der Waals surface area contributed by atoms with Crippen molar-refractivity contribution in [1.82, 2.24) is 0 Å². The molecule has 3 heteroatoms. The molecule has 0 bridgehead atoms. The SMILES string of the molecule is N#CC(CCCCCCc1ccccc1)C(=O)O. The zero-order valence-electron chi connectivity index (χ0n) is 10.5. The number of aliphatic carboxylic acids is 1. The van der Waals surface area contributed by atoms with Crippen LogP contribution in [-0.2, 0) is 11.2 Å². The number of unbranched alkanes of at least 4 members (excludes halogenated alkanes) is 3. The Labute approximate surface area is 108 Å². The Bertz CT molecular complexity index is 395. The van der Waals surface area contributed by atoms with Crippen molar-refractivity contribution in [1.29, 1.82) is 5.26 Å². The van der Waals surface area contributed by atoms with Crippen molar-refractivity contribution in [2.75, 3.05) is 0 Å². The minimum absolute atomic E-state index is 0.469. The molecular weight excluding hydrogens is 226 g/mol. The van der Waals surface area contributed by atoms with E-state index in [9.17, 15) is 4.79 Å². The summed E-state index contributed by atoms with van der Waals surface area (Å²) in [5.41, 5.74) is 1.35. The molecule has 0 aliphatic rings. The summed E-state index contributed by atoms with van der Waals surface area (Å²) < 4.78 is 0. The predicted octanol–water partition coefficient (Wildman–Crippen LogP) is 3.40. The Kier molecular flexibility index (Phi) is 6.56. The third kappa shape index (κ3) is 5.49. The number of benzene rings is 1. The molecular formula is C15H19NO2. The van der Waals surface area contributed by atoms with Gasteiger partial charge in [0.2, 0.25) is 0 Å². The minimum Gasteiger partial charge on any atom is -0.480 e. The number of carboxylic acids is 1. The van der Waals surface area contributed by atoms with Crippen LogP contribution >= 0.6 is 0 Å². The molecule has 0 saturated carbocycles. The van der Waals surface area contributed by atoms with E-state index in [2.05, 4.69) is 12.1 Å². The van der Waals surface area contributed by atoms with E-state index in [4.69, 9.17) is 10.4 Å². The predicted molar refractivity (Wildman–Crippen MR) is 70.0 cm³/mol. The molecule has 1 aromatic rings. The molecule has 0 aliphatic carbocycles. The lowest BCUT2D eigenvalue weighted by atomic mass is 10.0. The van der Waals surface area contributed by atoms with E-state index >= 15 is 0 Å². The maximum absolute atomic E-state index is 10.6. The largest absolute Gasteiger partial charge is 0.480 e. The van der Waals surface area contributed by atoms with E-state index in [0.29, 0.717) is 6.42 Å². The molecule has 1 atom stereocenters. The Morgan fingerprint density at radius 1 is 1.17 bits per heavy atom. The summed E-state index contributed by atoms with van der Waals surface area (Å²) in [6.45, 7) is 0. The lowest BCUT2D eigenvalue weighted by Gasteiger charge is -2.04. The molecule has 0 saturated heterocycles. The molecule has 3 nitrogen and oxygen atoms in total. The zero-order chi connectivity index (χ0) is 13.2. The van der Waals surface area contributed by atoms with Gasteiger partial charge in [-0.1, -0.05) is 49.6 Å². The lowest BCUT2D eigenvalue weighted by molar-refractivity contribution is -0.140. The number of nitrogens with zero attached hydrogens (tertiary/aromatic N) is 1. The van der Waals surface area contributed by atoms with E-state index in [1.54, 1.807) is 0 Å². The van der Waals surface area contributed by atoms with Crippen molar-refractivity contribution in [2.45, 2.75) is 38.5 Å². The fourth-order valence-corrected chi connectivity index (χ4v) is 1.92. The van der Waals surface area contributed by atoms with Crippen molar-refractivity contribution >= 4 is 5.97 Å². The van der Waals surface area contributed by atoms with Gasteiger partial charge in [-0.3, -0.25) is 4.79 Å². The summed E-state index contributed by atoms with van der Waals surface area (Å²) in [5.74, 6) is -1.83. The fraction of sp³-hybridized carbons (Fsp3) is 0.467. The first-order valence-corrected chi connectivity index (χ1v) is 6.40. The second-order valence-electron chi connectivity index (χ2n) is 4.46. The Balaban J connectivity index is 2.06. The Morgan fingerprint density at radius 3 is 2.44 bits per heavy atom. The Hall–Kier alpha value is -1.82. The summed E-state index contributed by atoms with van der Waals surface area (Å²) >= 11 is 0. The van der Waals surface area contributed by atoms with Gasteiger partial charge in [0.05, 0.1) is 6.07 Å². The molecule has 0 aromatic heterocycles. The van der Waals surface area contributed by atoms with Crippen molar-refractivity contribution < 1.29 is 9.90 Å². The number of rotatable bonds is 8. The summed E-state index contributed by atoms with van der Waals surface area (Å²) in [6, 6.07) is 12.2. The highest BCUT2D eigenvalue weighted by molar-refractivity contribution is 5.72. The summed E-state index contributed by atoms with van der Waals surface area (Å²) in [5, 5.41) is 17.3. The number of hydrogen-bond acceptors (Lipinski definition) is 2. The second-order valence-corrected chi connectivity index (χ2v) is 4.46. The molecule has 0 aliphatic heterocycles. The van der Waals surface area contributed by atoms with Gasteiger partial charge < -0.3 is 5.11 Å². The van der Waals surface area contributed by atoms with Crippen molar-refractivity contribution in [2.24, 2.45) is 5.92 Å². The number of carbonyl (C=O) groups is 1. The van der Waals surface area contributed by atoms with Gasteiger partial charge in [0.1, 0.15) is 5.92 Å². The highest BCUT2D eigenvalue weighted by Crippen LogP contribution is 2.12. The lowest BCUT2D eigenvalue weighted by Crippen LogP contribution is -2.10. The van der Waals surface area contributed by atoms with Crippen LogP contribution in [0.25, 0.3) is 0 Å². The maximum atomic E-state index is 10.6. The molecule has 1 rings (SSSR count). The average molecular weight is 245 g/mol. The topological polar surface area (TPSA) is 61.1 Å². The van der Waals surface area contributed by atoms with Gasteiger partial charge in [-0.25, -0.2) is 0 Å². The molecule has 1 N–H and O–H groups in total. The van der Waals surface area contributed by atoms with Crippen LogP contribution in [-0.4, -0.2) is 11.1 Å². The van der Waals surface area contributed by atoms with E-state index < -0.39 is 11.9 Å². The van der Waals surface area contributed by atoms with Crippen LogP contribution in [0.1, 0.15) is 37.7 Å². The van der Waals surface area contributed by atoms with Gasteiger partial charge in [0, 0.05) is 0 Å². The first-order valence-electron chi connectivity index (χ1n) is 6.40. The fourth-order valence-electron chi connectivity index (χ4n) is 1.92. The van der Waals surface area contributed by atoms with Crippen molar-refractivity contribution in [3.8, 4) is 6.07 Å². The standard InChI is InChI=1S/C15H19NO2/c16-12-14(15(17)18)11-7-2-1-4-8-13-9-5-3-6-10-13/h3,5-6,9-10,14H,1-2,4,7-8,11H2,(H,17,18). The molecule has 0 fully saturated rings. The smallest absolute Gasteiger partial charge is 0.320 e. The first kappa shape index (κ1) is 14.2. The molecule has 0 amide bonds. The van der Waals surface area contributed by atoms with Crippen LogP contribution in [0.4, 0.5) is 0 Å². The maximum Gasteiger partial charge on any atom is 0.320 e. The van der Waals surface area contributed by atoms with Crippen LogP contribution in [0, 0.1) is 17.2 Å². The molecule has 0 radical (unpaired) electrons. The van der Waals surface area contributed by atoms with Crippen LogP contribution < -0.4 is 0 Å². The third-order valence-corrected chi connectivity index (χ3v) is 3.01. The van der Waals surface area contributed by atoms with Gasteiger partial charge in [-0.05, 0) is 24.8 Å². The van der Waals surface area contributed by atoms with Gasteiger partial charge in [-0.15, -0.1) is 0 Å². The molecule has 0 heterocycles. The van der Waals surface area contributed by atoms with Crippen LogP contribution in [0.3, 0.4) is 0 Å². The highest BCUT2D eigenvalue weighted by Gasteiger charge is 2.14. The van der Waals surface area contributed by atoms with Gasteiger partial charge in [0.25, 0.3) is 0 Å². The van der Waals surface area contributed by atoms with Crippen molar-refractivity contribution in [3.05, 3.63) is 35.9 Å². The monoisotopic (exact) mass is 245 g/mol. The van der Waals surface area contributed by atoms with Crippen molar-refractivity contribution in [3.63, 3.8) is 0 Å². The summed E-state index contributed by atoms with van der Waals surface area (Å²) in [7, 11) is 0. The Morgan fingerprint density at radius 2 is 1.83 bits per heavy atom. The highest BCUT2D eigenvalue weighted by atomic mass is 16.4. The van der Waals surface area contributed by atoms with Gasteiger partial charge >= 0.3 is 5.97 Å². The minimum atomic E-state index is -0.998. The molecule has 18 heavy (non-hydrogen) atoms. The molecule has 96 valence electrons. The van der Waals surface area contributed by atoms with Crippen LogP contribution in [0.2, 0.25) is 0 Å². The van der Waals surface area contributed by atoms with E-state index in [1.165, 1.54) is 5.56 Å². The number of nitriles is 1. The number of aryl methyl sites for hydroxylation is 1. The quantitative estimate of drug-likeness (QED) is 0.714. The molecule has 1 unspecified atom stereocenters. The van der Waals surface area contributed by atoms with Crippen LogP contribution in [0.15, 0.2) is 30.3 Å². The molecule has 1 aromatic carbocycles. The van der Waals surface area contributed by atoms with E-state index in [-0.39, 0.29) is 0 Å². The van der Waals surface area contributed by atoms with Gasteiger partial charge in [-0.2, -0.15) is 5.26 Å². The normalized spacial score (nSPS) is 11.7. The average Bonchev–Trinajstić information content (AvgIpc) is 2.38. The summed E-state index contributed by atoms with van der Waals surface area (Å²) in [4.78, 5) is 10.6. The first-order chi connectivity index (χ1) is 8.74. The third-order valence-electron chi connectivity index (χ3n) is 3.01. The zero-order valence-corrected chi connectivity index (χ0v) is 10.5. The van der Waals surface area contributed by atoms with E-state index in [0.717, 1.165) is 32.1 Å². The van der Waals surface area contributed by atoms with Gasteiger partial charge in [0.15, 0.2) is 0 Å².